The predicted octanol–water partition coefficient (Wildman–Crippen LogP) is 1.21. The lowest BCUT2D eigenvalue weighted by molar-refractivity contribution is 0.918. The molecule has 1 heterocycles. The van der Waals surface area contributed by atoms with Gasteiger partial charge in [0.1, 0.15) is 5.82 Å². The van der Waals surface area contributed by atoms with Gasteiger partial charge in [0.25, 0.3) is 0 Å². The van der Waals surface area contributed by atoms with E-state index < -0.39 is 0 Å². The highest BCUT2D eigenvalue weighted by molar-refractivity contribution is 5.59. The minimum Gasteiger partial charge on any atom is -0.390 e. The summed E-state index contributed by atoms with van der Waals surface area (Å²) in [4.78, 5) is 4.05. The van der Waals surface area contributed by atoms with Gasteiger partial charge in [-0.1, -0.05) is 6.92 Å². The SMILES string of the molecule is CCc1ccn(C)c1/N=C\N. The first kappa shape index (κ1) is 7.85. The van der Waals surface area contributed by atoms with E-state index in [2.05, 4.69) is 18.0 Å². The third-order valence-corrected chi connectivity index (χ3v) is 1.70. The molecule has 0 spiro atoms. The summed E-state index contributed by atoms with van der Waals surface area (Å²) in [5.74, 6) is 0.954. The maximum Gasteiger partial charge on any atom is 0.137 e. The Morgan fingerprint density at radius 1 is 1.73 bits per heavy atom. The Balaban J connectivity index is 3.07. The van der Waals surface area contributed by atoms with Crippen molar-refractivity contribution in [1.82, 2.24) is 4.57 Å². The molecule has 1 aromatic rings. The number of aromatic nitrogens is 1. The van der Waals surface area contributed by atoms with Gasteiger partial charge in [-0.25, -0.2) is 4.99 Å². The normalized spacial score (nSPS) is 11.1. The number of aliphatic imine (C=N–C) groups is 1. The van der Waals surface area contributed by atoms with Crippen LogP contribution in [0.15, 0.2) is 17.3 Å². The first-order chi connectivity index (χ1) is 5.29. The van der Waals surface area contributed by atoms with Crippen molar-refractivity contribution in [2.75, 3.05) is 0 Å². The molecular formula is C8H13N3. The zero-order valence-electron chi connectivity index (χ0n) is 6.91. The van der Waals surface area contributed by atoms with E-state index >= 15 is 0 Å². The molecule has 3 heteroatoms. The van der Waals surface area contributed by atoms with Crippen LogP contribution in [-0.4, -0.2) is 10.9 Å². The molecule has 60 valence electrons. The molecule has 0 atom stereocenters. The van der Waals surface area contributed by atoms with Gasteiger partial charge in [0, 0.05) is 13.2 Å². The molecule has 0 fully saturated rings. The predicted molar refractivity (Wildman–Crippen MR) is 47.1 cm³/mol. The van der Waals surface area contributed by atoms with Crippen LogP contribution in [-0.2, 0) is 13.5 Å². The molecule has 0 saturated heterocycles. The molecule has 0 saturated carbocycles. The molecule has 11 heavy (non-hydrogen) atoms. The van der Waals surface area contributed by atoms with Crippen molar-refractivity contribution in [3.63, 3.8) is 0 Å². The standard InChI is InChI=1S/C8H13N3/c1-3-7-4-5-11(2)8(7)10-6-9/h4-6H,3H2,1-2H3,(H2,9,10). The van der Waals surface area contributed by atoms with Crippen molar-refractivity contribution in [3.05, 3.63) is 17.8 Å². The van der Waals surface area contributed by atoms with Crippen LogP contribution in [0.3, 0.4) is 0 Å². The minimum absolute atomic E-state index is 0.954. The second-order valence-electron chi connectivity index (χ2n) is 2.41. The average molecular weight is 151 g/mol. The number of hydrogen-bond donors (Lipinski definition) is 1. The molecule has 1 aromatic heterocycles. The number of nitrogens with zero attached hydrogens (tertiary/aromatic N) is 2. The lowest BCUT2D eigenvalue weighted by atomic mass is 10.2. The van der Waals surface area contributed by atoms with E-state index in [1.54, 1.807) is 0 Å². The number of hydrogen-bond acceptors (Lipinski definition) is 1. The summed E-state index contributed by atoms with van der Waals surface area (Å²) >= 11 is 0. The van der Waals surface area contributed by atoms with Crippen molar-refractivity contribution in [1.29, 1.82) is 0 Å². The van der Waals surface area contributed by atoms with Crippen LogP contribution in [0.25, 0.3) is 0 Å². The summed E-state index contributed by atoms with van der Waals surface area (Å²) in [5.41, 5.74) is 6.44. The molecule has 0 aliphatic carbocycles. The Hall–Kier alpha value is -1.25. The third-order valence-electron chi connectivity index (χ3n) is 1.70. The zero-order valence-corrected chi connectivity index (χ0v) is 6.91. The Kier molecular flexibility index (Phi) is 2.31. The monoisotopic (exact) mass is 151 g/mol. The second kappa shape index (κ2) is 3.23. The summed E-state index contributed by atoms with van der Waals surface area (Å²) in [5, 5.41) is 0. The van der Waals surface area contributed by atoms with Crippen LogP contribution < -0.4 is 5.73 Å². The Morgan fingerprint density at radius 2 is 2.45 bits per heavy atom. The van der Waals surface area contributed by atoms with Gasteiger partial charge < -0.3 is 10.3 Å². The summed E-state index contributed by atoms with van der Waals surface area (Å²) in [6.45, 7) is 2.10. The van der Waals surface area contributed by atoms with E-state index in [0.717, 1.165) is 12.2 Å². The van der Waals surface area contributed by atoms with Gasteiger partial charge in [0.2, 0.25) is 0 Å². The zero-order chi connectivity index (χ0) is 8.27. The fraction of sp³-hybridized carbons (Fsp3) is 0.375. The summed E-state index contributed by atoms with van der Waals surface area (Å²) in [6, 6.07) is 2.06. The first-order valence-corrected chi connectivity index (χ1v) is 3.68. The summed E-state index contributed by atoms with van der Waals surface area (Å²) in [6.07, 6.45) is 4.31. The minimum atomic E-state index is 0.954. The lowest BCUT2D eigenvalue weighted by Crippen LogP contribution is -1.91. The van der Waals surface area contributed by atoms with E-state index in [9.17, 15) is 0 Å². The maximum atomic E-state index is 5.21. The van der Waals surface area contributed by atoms with Gasteiger partial charge in [-0.05, 0) is 18.1 Å². The van der Waals surface area contributed by atoms with E-state index in [1.807, 2.05) is 17.8 Å². The largest absolute Gasteiger partial charge is 0.390 e. The molecule has 0 radical (unpaired) electrons. The third kappa shape index (κ3) is 1.42. The summed E-state index contributed by atoms with van der Waals surface area (Å²) < 4.78 is 1.96. The van der Waals surface area contributed by atoms with Crippen molar-refractivity contribution >= 4 is 12.2 Å². The van der Waals surface area contributed by atoms with Gasteiger partial charge in [-0.2, -0.15) is 0 Å². The van der Waals surface area contributed by atoms with Gasteiger partial charge in [-0.15, -0.1) is 0 Å². The fourth-order valence-corrected chi connectivity index (χ4v) is 1.09. The highest BCUT2D eigenvalue weighted by atomic mass is 15.0. The average Bonchev–Trinajstić information content (AvgIpc) is 2.34. The molecule has 0 aromatic carbocycles. The molecule has 0 amide bonds. The molecule has 0 aliphatic heterocycles. The van der Waals surface area contributed by atoms with Crippen molar-refractivity contribution in [2.24, 2.45) is 17.8 Å². The highest BCUT2D eigenvalue weighted by Gasteiger charge is 2.01. The number of nitrogens with two attached hydrogens (primary N) is 1. The first-order valence-electron chi connectivity index (χ1n) is 3.68. The molecule has 0 aliphatic rings. The number of aryl methyl sites for hydroxylation is 2. The maximum absolute atomic E-state index is 5.21. The van der Waals surface area contributed by atoms with Crippen molar-refractivity contribution < 1.29 is 0 Å². The van der Waals surface area contributed by atoms with Gasteiger partial charge in [0.15, 0.2) is 0 Å². The van der Waals surface area contributed by atoms with Crippen LogP contribution in [0.4, 0.5) is 5.82 Å². The molecule has 0 unspecified atom stereocenters. The Morgan fingerprint density at radius 3 is 3.00 bits per heavy atom. The van der Waals surface area contributed by atoms with E-state index in [0.29, 0.717) is 0 Å². The quantitative estimate of drug-likeness (QED) is 0.501. The van der Waals surface area contributed by atoms with Crippen LogP contribution in [0.1, 0.15) is 12.5 Å². The molecule has 0 bridgehead atoms. The second-order valence-corrected chi connectivity index (χ2v) is 2.41. The van der Waals surface area contributed by atoms with E-state index in [4.69, 9.17) is 5.73 Å². The van der Waals surface area contributed by atoms with Crippen molar-refractivity contribution in [2.45, 2.75) is 13.3 Å². The van der Waals surface area contributed by atoms with E-state index in [1.165, 1.54) is 11.9 Å². The molecule has 3 nitrogen and oxygen atoms in total. The Bertz CT molecular complexity index is 260. The number of rotatable bonds is 2. The van der Waals surface area contributed by atoms with Gasteiger partial charge >= 0.3 is 0 Å². The Labute approximate surface area is 66.5 Å². The highest BCUT2D eigenvalue weighted by Crippen LogP contribution is 2.18. The van der Waals surface area contributed by atoms with Gasteiger partial charge in [-0.3, -0.25) is 0 Å². The van der Waals surface area contributed by atoms with Crippen LogP contribution >= 0.6 is 0 Å². The smallest absolute Gasteiger partial charge is 0.137 e. The lowest BCUT2D eigenvalue weighted by Gasteiger charge is -1.97. The van der Waals surface area contributed by atoms with Crippen LogP contribution in [0, 0.1) is 0 Å². The molecule has 2 N–H and O–H groups in total. The van der Waals surface area contributed by atoms with Gasteiger partial charge in [0.05, 0.1) is 6.34 Å². The van der Waals surface area contributed by atoms with Crippen molar-refractivity contribution in [3.8, 4) is 0 Å². The van der Waals surface area contributed by atoms with E-state index in [-0.39, 0.29) is 0 Å². The fourth-order valence-electron chi connectivity index (χ4n) is 1.09. The topological polar surface area (TPSA) is 43.3 Å². The molecular weight excluding hydrogens is 138 g/mol. The van der Waals surface area contributed by atoms with Crippen LogP contribution in [0.2, 0.25) is 0 Å². The van der Waals surface area contributed by atoms with Crippen LogP contribution in [0.5, 0.6) is 0 Å². The summed E-state index contributed by atoms with van der Waals surface area (Å²) in [7, 11) is 1.96. The molecule has 1 rings (SSSR count).